The number of hydrogen-bond donors (Lipinski definition) is 0. The molecule has 0 bridgehead atoms. The van der Waals surface area contributed by atoms with Gasteiger partial charge in [-0.2, -0.15) is 15.0 Å². The molecule has 1 aromatic carbocycles. The fourth-order valence-corrected chi connectivity index (χ4v) is 2.34. The maximum atomic E-state index is 4.47. The summed E-state index contributed by atoms with van der Waals surface area (Å²) in [4.78, 5) is 2.99. The number of thiophene rings is 1. The molecule has 0 N–H and O–H groups in total. The van der Waals surface area contributed by atoms with Gasteiger partial charge < -0.3 is 0 Å². The van der Waals surface area contributed by atoms with Gasteiger partial charge in [-0.3, -0.25) is 0 Å². The molecule has 2 aromatic heterocycles. The Morgan fingerprint density at radius 1 is 1.06 bits per heavy atom. The average Bonchev–Trinajstić information content (AvgIpc) is 3.02. The van der Waals surface area contributed by atoms with Crippen LogP contribution in [0.3, 0.4) is 0 Å². The highest BCUT2D eigenvalue weighted by molar-refractivity contribution is 7.09. The lowest BCUT2D eigenvalue weighted by atomic mass is 10.2. The van der Waals surface area contributed by atoms with Crippen molar-refractivity contribution in [2.45, 2.75) is 6.54 Å². The van der Waals surface area contributed by atoms with Gasteiger partial charge >= 0.3 is 0 Å². The van der Waals surface area contributed by atoms with Crippen molar-refractivity contribution in [3.63, 3.8) is 0 Å². The zero-order valence-electron chi connectivity index (χ0n) is 9.15. The molecular formula is C13H11N3S. The van der Waals surface area contributed by atoms with Gasteiger partial charge in [0.05, 0.1) is 12.7 Å². The maximum absolute atomic E-state index is 4.47. The summed E-state index contributed by atoms with van der Waals surface area (Å²) in [6, 6.07) is 14.2. The molecule has 0 radical (unpaired) electrons. The van der Waals surface area contributed by atoms with Crippen molar-refractivity contribution in [1.82, 2.24) is 15.0 Å². The molecule has 3 aromatic rings. The maximum Gasteiger partial charge on any atom is 0.113 e. The summed E-state index contributed by atoms with van der Waals surface area (Å²) in [6.07, 6.45) is 1.81. The summed E-state index contributed by atoms with van der Waals surface area (Å²) < 4.78 is 0. The normalized spacial score (nSPS) is 10.6. The molecular weight excluding hydrogens is 230 g/mol. The molecule has 4 heteroatoms. The van der Waals surface area contributed by atoms with Crippen LogP contribution in [0.4, 0.5) is 0 Å². The topological polar surface area (TPSA) is 30.7 Å². The molecule has 0 saturated carbocycles. The number of nitrogens with zero attached hydrogens (tertiary/aromatic N) is 3. The van der Waals surface area contributed by atoms with Crippen molar-refractivity contribution >= 4 is 11.3 Å². The van der Waals surface area contributed by atoms with E-state index in [-0.39, 0.29) is 0 Å². The molecule has 3 rings (SSSR count). The van der Waals surface area contributed by atoms with Crippen LogP contribution >= 0.6 is 11.3 Å². The summed E-state index contributed by atoms with van der Waals surface area (Å²) in [5, 5.41) is 10.8. The number of rotatable bonds is 3. The Morgan fingerprint density at radius 3 is 2.71 bits per heavy atom. The minimum Gasteiger partial charge on any atom is -0.179 e. The average molecular weight is 241 g/mol. The van der Waals surface area contributed by atoms with E-state index >= 15 is 0 Å². The van der Waals surface area contributed by atoms with E-state index < -0.39 is 0 Å². The highest BCUT2D eigenvalue weighted by atomic mass is 32.1. The van der Waals surface area contributed by atoms with Gasteiger partial charge in [0.1, 0.15) is 5.69 Å². The van der Waals surface area contributed by atoms with Gasteiger partial charge in [0.2, 0.25) is 0 Å². The van der Waals surface area contributed by atoms with Gasteiger partial charge in [-0.1, -0.05) is 36.4 Å². The second kappa shape index (κ2) is 4.51. The Kier molecular flexibility index (Phi) is 2.71. The fraction of sp³-hybridized carbons (Fsp3) is 0.0769. The van der Waals surface area contributed by atoms with E-state index in [2.05, 4.69) is 21.6 Å². The lowest BCUT2D eigenvalue weighted by Gasteiger charge is -1.96. The molecule has 0 saturated heterocycles. The Balaban J connectivity index is 1.84. The van der Waals surface area contributed by atoms with Gasteiger partial charge in [-0.15, -0.1) is 11.3 Å². The van der Waals surface area contributed by atoms with Gasteiger partial charge in [-0.25, -0.2) is 0 Å². The lowest BCUT2D eigenvalue weighted by molar-refractivity contribution is 0.598. The van der Waals surface area contributed by atoms with E-state index in [1.54, 1.807) is 16.1 Å². The van der Waals surface area contributed by atoms with Crippen LogP contribution in [-0.2, 0) is 6.54 Å². The largest absolute Gasteiger partial charge is 0.179 e. The van der Waals surface area contributed by atoms with Crippen molar-refractivity contribution in [2.24, 2.45) is 0 Å². The molecule has 17 heavy (non-hydrogen) atoms. The molecule has 0 aliphatic carbocycles. The summed E-state index contributed by atoms with van der Waals surface area (Å²) in [5.74, 6) is 0. The van der Waals surface area contributed by atoms with Crippen molar-refractivity contribution in [3.05, 3.63) is 58.9 Å². The first-order valence-electron chi connectivity index (χ1n) is 5.40. The zero-order valence-corrected chi connectivity index (χ0v) is 9.97. The van der Waals surface area contributed by atoms with E-state index in [0.29, 0.717) is 0 Å². The summed E-state index contributed by atoms with van der Waals surface area (Å²) in [6.45, 7) is 0.741. The molecule has 0 atom stereocenters. The third kappa shape index (κ3) is 2.26. The quantitative estimate of drug-likeness (QED) is 0.705. The van der Waals surface area contributed by atoms with Gasteiger partial charge in [0.15, 0.2) is 0 Å². The molecule has 3 nitrogen and oxygen atoms in total. The smallest absolute Gasteiger partial charge is 0.113 e. The van der Waals surface area contributed by atoms with Gasteiger partial charge in [0.25, 0.3) is 0 Å². The Labute approximate surface area is 103 Å². The number of aromatic nitrogens is 3. The summed E-state index contributed by atoms with van der Waals surface area (Å²) >= 11 is 1.72. The van der Waals surface area contributed by atoms with Crippen LogP contribution in [0.5, 0.6) is 0 Å². The predicted octanol–water partition coefficient (Wildman–Crippen LogP) is 3.05. The van der Waals surface area contributed by atoms with Crippen LogP contribution in [0, 0.1) is 0 Å². The van der Waals surface area contributed by atoms with E-state index in [1.807, 2.05) is 42.6 Å². The van der Waals surface area contributed by atoms with Crippen molar-refractivity contribution in [2.75, 3.05) is 0 Å². The lowest BCUT2D eigenvalue weighted by Crippen LogP contribution is -2.01. The third-order valence-corrected chi connectivity index (χ3v) is 3.34. The minimum atomic E-state index is 0.741. The number of benzene rings is 1. The van der Waals surface area contributed by atoms with Gasteiger partial charge in [-0.05, 0) is 11.4 Å². The summed E-state index contributed by atoms with van der Waals surface area (Å²) in [5.41, 5.74) is 2.02. The minimum absolute atomic E-state index is 0.741. The summed E-state index contributed by atoms with van der Waals surface area (Å²) in [7, 11) is 0. The van der Waals surface area contributed by atoms with E-state index in [1.165, 1.54) is 4.88 Å². The highest BCUT2D eigenvalue weighted by Crippen LogP contribution is 2.15. The second-order valence-corrected chi connectivity index (χ2v) is 4.74. The first kappa shape index (κ1) is 10.2. The van der Waals surface area contributed by atoms with Gasteiger partial charge in [0, 0.05) is 10.4 Å². The standard InChI is InChI=1S/C13H11N3S/c1-2-5-11(6-3-1)13-9-14-16(15-13)10-12-7-4-8-17-12/h1-9H,10H2. The first-order chi connectivity index (χ1) is 8.42. The highest BCUT2D eigenvalue weighted by Gasteiger charge is 2.03. The molecule has 0 unspecified atom stereocenters. The van der Waals surface area contributed by atoms with Crippen molar-refractivity contribution in [1.29, 1.82) is 0 Å². The Morgan fingerprint density at radius 2 is 1.94 bits per heavy atom. The molecule has 0 spiro atoms. The molecule has 0 amide bonds. The predicted molar refractivity (Wildman–Crippen MR) is 68.9 cm³/mol. The molecule has 0 aliphatic heterocycles. The molecule has 0 fully saturated rings. The van der Waals surface area contributed by atoms with E-state index in [0.717, 1.165) is 17.8 Å². The Bertz CT molecular complexity index is 584. The number of hydrogen-bond acceptors (Lipinski definition) is 3. The molecule has 84 valence electrons. The van der Waals surface area contributed by atoms with Crippen LogP contribution < -0.4 is 0 Å². The SMILES string of the molecule is c1ccc(-c2cnn(Cc3cccs3)n2)cc1. The monoisotopic (exact) mass is 241 g/mol. The van der Waals surface area contributed by atoms with Crippen LogP contribution in [0.1, 0.15) is 4.88 Å². The van der Waals surface area contributed by atoms with Crippen LogP contribution in [0.2, 0.25) is 0 Å². The molecule has 2 heterocycles. The van der Waals surface area contributed by atoms with E-state index in [4.69, 9.17) is 0 Å². The van der Waals surface area contributed by atoms with Crippen LogP contribution in [0.15, 0.2) is 54.0 Å². The second-order valence-electron chi connectivity index (χ2n) is 3.71. The van der Waals surface area contributed by atoms with E-state index in [9.17, 15) is 0 Å². The van der Waals surface area contributed by atoms with Crippen LogP contribution in [-0.4, -0.2) is 15.0 Å². The first-order valence-corrected chi connectivity index (χ1v) is 6.28. The fourth-order valence-electron chi connectivity index (χ4n) is 1.66. The third-order valence-electron chi connectivity index (χ3n) is 2.48. The zero-order chi connectivity index (χ0) is 11.5. The van der Waals surface area contributed by atoms with Crippen LogP contribution in [0.25, 0.3) is 11.3 Å². The van der Waals surface area contributed by atoms with Crippen molar-refractivity contribution in [3.8, 4) is 11.3 Å². The van der Waals surface area contributed by atoms with Crippen molar-refractivity contribution < 1.29 is 0 Å². The molecule has 0 aliphatic rings. The Hall–Kier alpha value is -1.94.